The van der Waals surface area contributed by atoms with Gasteiger partial charge in [0.2, 0.25) is 0 Å². The Morgan fingerprint density at radius 1 is 1.39 bits per heavy atom. The lowest BCUT2D eigenvalue weighted by Gasteiger charge is -2.06. The Labute approximate surface area is 109 Å². The molecule has 4 nitrogen and oxygen atoms in total. The van der Waals surface area contributed by atoms with Crippen molar-refractivity contribution in [2.75, 3.05) is 14.2 Å². The maximum absolute atomic E-state index is 11.8. The van der Waals surface area contributed by atoms with Crippen LogP contribution in [0.4, 0.5) is 0 Å². The van der Waals surface area contributed by atoms with Crippen LogP contribution in [0.15, 0.2) is 16.5 Å². The molecule has 0 aliphatic carbocycles. The molecule has 1 heterocycles. The van der Waals surface area contributed by atoms with E-state index in [4.69, 9.17) is 25.5 Å². The highest BCUT2D eigenvalue weighted by Crippen LogP contribution is 2.37. The molecule has 1 aromatic heterocycles. The van der Waals surface area contributed by atoms with Crippen LogP contribution in [-0.2, 0) is 11.2 Å². The first-order valence-electron chi connectivity index (χ1n) is 5.50. The first kappa shape index (κ1) is 12.8. The molecule has 0 saturated heterocycles. The Balaban J connectivity index is 2.81. The number of rotatable bonds is 3. The Bertz CT molecular complexity index is 601. The Morgan fingerprint density at radius 3 is 2.67 bits per heavy atom. The largest absolute Gasteiger partial charge is 0.496 e. The molecule has 0 atom stereocenters. The first-order chi connectivity index (χ1) is 8.63. The average molecular weight is 269 g/mol. The van der Waals surface area contributed by atoms with Crippen LogP contribution in [0, 0.1) is 0 Å². The lowest BCUT2D eigenvalue weighted by atomic mass is 10.1. The summed E-state index contributed by atoms with van der Waals surface area (Å²) >= 11 is 6.19. The van der Waals surface area contributed by atoms with Gasteiger partial charge in [-0.3, -0.25) is 0 Å². The zero-order chi connectivity index (χ0) is 13.3. The third kappa shape index (κ3) is 1.82. The van der Waals surface area contributed by atoms with Gasteiger partial charge in [-0.2, -0.15) is 0 Å². The van der Waals surface area contributed by atoms with Crippen LogP contribution >= 0.6 is 11.6 Å². The minimum Gasteiger partial charge on any atom is -0.496 e. The summed E-state index contributed by atoms with van der Waals surface area (Å²) in [5.74, 6) is 0.540. The molecule has 2 aromatic rings. The number of ether oxygens (including phenoxy) is 2. The predicted molar refractivity (Wildman–Crippen MR) is 68.5 cm³/mol. The van der Waals surface area contributed by atoms with Crippen molar-refractivity contribution in [3.8, 4) is 5.75 Å². The summed E-state index contributed by atoms with van der Waals surface area (Å²) in [5.41, 5.74) is 0.669. The van der Waals surface area contributed by atoms with Crippen molar-refractivity contribution in [2.24, 2.45) is 0 Å². The van der Waals surface area contributed by atoms with Crippen molar-refractivity contribution < 1.29 is 18.7 Å². The van der Waals surface area contributed by atoms with Gasteiger partial charge in [-0.15, -0.1) is 0 Å². The second kappa shape index (κ2) is 4.90. The van der Waals surface area contributed by atoms with Crippen molar-refractivity contribution in [1.82, 2.24) is 0 Å². The van der Waals surface area contributed by atoms with Gasteiger partial charge in [-0.25, -0.2) is 4.79 Å². The average Bonchev–Trinajstić information content (AvgIpc) is 2.73. The quantitative estimate of drug-likeness (QED) is 0.800. The molecule has 0 bridgehead atoms. The molecule has 0 saturated carbocycles. The van der Waals surface area contributed by atoms with Crippen molar-refractivity contribution in [3.05, 3.63) is 28.5 Å². The van der Waals surface area contributed by atoms with Crippen molar-refractivity contribution in [3.63, 3.8) is 0 Å². The van der Waals surface area contributed by atoms with Crippen LogP contribution in [-0.4, -0.2) is 20.2 Å². The van der Waals surface area contributed by atoms with Crippen LogP contribution in [0.25, 0.3) is 11.0 Å². The molecule has 0 radical (unpaired) electrons. The van der Waals surface area contributed by atoms with Crippen LogP contribution < -0.4 is 4.74 Å². The highest BCUT2D eigenvalue weighted by atomic mass is 35.5. The van der Waals surface area contributed by atoms with Gasteiger partial charge >= 0.3 is 5.97 Å². The fraction of sp³-hybridized carbons (Fsp3) is 0.308. The molecule has 0 amide bonds. The number of hydrogen-bond donors (Lipinski definition) is 0. The van der Waals surface area contributed by atoms with Gasteiger partial charge in [0.1, 0.15) is 17.1 Å². The first-order valence-corrected chi connectivity index (χ1v) is 5.88. The summed E-state index contributed by atoms with van der Waals surface area (Å²) < 4.78 is 15.5. The maximum Gasteiger partial charge on any atom is 0.345 e. The van der Waals surface area contributed by atoms with Crippen LogP contribution in [0.5, 0.6) is 5.75 Å². The molecule has 96 valence electrons. The number of furan rings is 1. The fourth-order valence-electron chi connectivity index (χ4n) is 1.85. The normalized spacial score (nSPS) is 10.7. The Morgan fingerprint density at radius 2 is 2.11 bits per heavy atom. The third-order valence-electron chi connectivity index (χ3n) is 2.76. The van der Waals surface area contributed by atoms with E-state index in [9.17, 15) is 4.79 Å². The van der Waals surface area contributed by atoms with E-state index >= 15 is 0 Å². The molecule has 0 aliphatic rings. The molecule has 2 rings (SSSR count). The summed E-state index contributed by atoms with van der Waals surface area (Å²) in [5, 5.41) is 1.22. The summed E-state index contributed by atoms with van der Waals surface area (Å²) in [6, 6.07) is 3.45. The molecule has 1 aromatic carbocycles. The summed E-state index contributed by atoms with van der Waals surface area (Å²) in [4.78, 5) is 11.8. The zero-order valence-corrected chi connectivity index (χ0v) is 11.1. The van der Waals surface area contributed by atoms with Gasteiger partial charge in [0.15, 0.2) is 5.58 Å². The molecule has 0 fully saturated rings. The minimum atomic E-state index is -0.509. The van der Waals surface area contributed by atoms with Gasteiger partial charge in [-0.05, 0) is 12.1 Å². The third-order valence-corrected chi connectivity index (χ3v) is 3.17. The SMILES string of the molecule is CCc1oc2c(C(=O)OC)c(OC)ccc2c1Cl. The number of fused-ring (bicyclic) bond motifs is 1. The number of halogens is 1. The van der Waals surface area contributed by atoms with Crippen LogP contribution in [0.3, 0.4) is 0 Å². The van der Waals surface area contributed by atoms with E-state index in [0.29, 0.717) is 33.9 Å². The molecule has 18 heavy (non-hydrogen) atoms. The molecule has 0 N–H and O–H groups in total. The monoisotopic (exact) mass is 268 g/mol. The van der Waals surface area contributed by atoms with E-state index in [1.807, 2.05) is 6.92 Å². The number of methoxy groups -OCH3 is 2. The van der Waals surface area contributed by atoms with E-state index in [1.165, 1.54) is 14.2 Å². The molecular formula is C13H13ClO4. The van der Waals surface area contributed by atoms with Gasteiger partial charge in [0, 0.05) is 11.8 Å². The molecule has 0 spiro atoms. The number of esters is 1. The van der Waals surface area contributed by atoms with Gasteiger partial charge in [0.05, 0.1) is 19.2 Å². The Kier molecular flexibility index (Phi) is 3.48. The highest BCUT2D eigenvalue weighted by Gasteiger charge is 2.23. The number of carbonyl (C=O) groups is 1. The standard InChI is InChI=1S/C13H13ClO4/c1-4-8-11(14)7-5-6-9(16-2)10(12(7)18-8)13(15)17-3/h5-6H,4H2,1-3H3. The van der Waals surface area contributed by atoms with Crippen molar-refractivity contribution >= 4 is 28.5 Å². The van der Waals surface area contributed by atoms with Crippen molar-refractivity contribution in [2.45, 2.75) is 13.3 Å². The van der Waals surface area contributed by atoms with Gasteiger partial charge in [-0.1, -0.05) is 18.5 Å². The molecule has 0 unspecified atom stereocenters. The van der Waals surface area contributed by atoms with E-state index in [1.54, 1.807) is 12.1 Å². The van der Waals surface area contributed by atoms with E-state index in [0.717, 1.165) is 0 Å². The lowest BCUT2D eigenvalue weighted by molar-refractivity contribution is 0.0598. The van der Waals surface area contributed by atoms with E-state index in [2.05, 4.69) is 0 Å². The highest BCUT2D eigenvalue weighted by molar-refractivity contribution is 6.36. The fourth-order valence-corrected chi connectivity index (χ4v) is 2.18. The smallest absolute Gasteiger partial charge is 0.345 e. The molecule has 0 aliphatic heterocycles. The summed E-state index contributed by atoms with van der Waals surface area (Å²) in [6.07, 6.45) is 0.649. The second-order valence-corrected chi connectivity index (χ2v) is 4.08. The molecule has 5 heteroatoms. The van der Waals surface area contributed by atoms with Crippen LogP contribution in [0.1, 0.15) is 23.0 Å². The lowest BCUT2D eigenvalue weighted by Crippen LogP contribution is -2.04. The molecular weight excluding hydrogens is 256 g/mol. The number of aryl methyl sites for hydroxylation is 1. The second-order valence-electron chi connectivity index (χ2n) is 3.70. The summed E-state index contributed by atoms with van der Waals surface area (Å²) in [6.45, 7) is 1.93. The zero-order valence-electron chi connectivity index (χ0n) is 10.4. The van der Waals surface area contributed by atoms with Crippen LogP contribution in [0.2, 0.25) is 5.02 Å². The predicted octanol–water partition coefficient (Wildman–Crippen LogP) is 3.44. The maximum atomic E-state index is 11.8. The van der Waals surface area contributed by atoms with E-state index in [-0.39, 0.29) is 5.56 Å². The summed E-state index contributed by atoms with van der Waals surface area (Å²) in [7, 11) is 2.80. The Hall–Kier alpha value is -1.68. The topological polar surface area (TPSA) is 48.7 Å². The number of benzene rings is 1. The minimum absolute atomic E-state index is 0.263. The van der Waals surface area contributed by atoms with E-state index < -0.39 is 5.97 Å². The van der Waals surface area contributed by atoms with Gasteiger partial charge in [0.25, 0.3) is 0 Å². The van der Waals surface area contributed by atoms with Crippen molar-refractivity contribution in [1.29, 1.82) is 0 Å². The van der Waals surface area contributed by atoms with Gasteiger partial charge < -0.3 is 13.9 Å². The number of hydrogen-bond acceptors (Lipinski definition) is 4. The number of carbonyl (C=O) groups excluding carboxylic acids is 1.